The highest BCUT2D eigenvalue weighted by Crippen LogP contribution is 2.26. The van der Waals surface area contributed by atoms with E-state index < -0.39 is 34.8 Å². The Hall–Kier alpha value is -3.03. The molecular weight excluding hydrogens is 392 g/mol. The van der Waals surface area contributed by atoms with Gasteiger partial charge in [0.25, 0.3) is 17.6 Å². The minimum absolute atomic E-state index is 0.0685. The molecule has 160 valence electrons. The summed E-state index contributed by atoms with van der Waals surface area (Å²) in [5.74, 6) is -4.01. The van der Waals surface area contributed by atoms with Gasteiger partial charge in [0.15, 0.2) is 11.6 Å². The fourth-order valence-corrected chi connectivity index (χ4v) is 3.57. The van der Waals surface area contributed by atoms with Crippen molar-refractivity contribution >= 4 is 23.3 Å². The molecule has 1 aromatic carbocycles. The average molecular weight is 417 g/mol. The predicted octanol–water partition coefficient (Wildman–Crippen LogP) is 3.76. The van der Waals surface area contributed by atoms with Crippen LogP contribution in [0.15, 0.2) is 18.2 Å². The number of nitrogens with zero attached hydrogens (tertiary/aromatic N) is 1. The van der Waals surface area contributed by atoms with Gasteiger partial charge in [0, 0.05) is 29.5 Å². The summed E-state index contributed by atoms with van der Waals surface area (Å²) >= 11 is 0. The summed E-state index contributed by atoms with van der Waals surface area (Å²) in [4.78, 5) is 38.0. The highest BCUT2D eigenvalue weighted by atomic mass is 19.2. The fraction of sp³-hybridized carbons (Fsp3) is 0.409. The summed E-state index contributed by atoms with van der Waals surface area (Å²) in [6.07, 6.45) is 2.25. The number of fused-ring (bicyclic) bond motifs is 1. The Morgan fingerprint density at radius 2 is 1.77 bits per heavy atom. The van der Waals surface area contributed by atoms with Gasteiger partial charge in [0.1, 0.15) is 0 Å². The molecule has 0 spiro atoms. The van der Waals surface area contributed by atoms with Crippen molar-refractivity contribution in [3.05, 3.63) is 52.3 Å². The monoisotopic (exact) mass is 417 g/mol. The van der Waals surface area contributed by atoms with Crippen LogP contribution in [0.1, 0.15) is 65.7 Å². The Morgan fingerprint density at radius 3 is 2.40 bits per heavy atom. The van der Waals surface area contributed by atoms with Gasteiger partial charge in [-0.05, 0) is 64.7 Å². The Morgan fingerprint density at radius 1 is 1.07 bits per heavy atom. The fourth-order valence-electron chi connectivity index (χ4n) is 3.57. The molecule has 3 rings (SSSR count). The SMILES string of the molecule is Cc1cc(NC(=O)c2cc(C(=O)C(=O)NC(C)(C)C)n3c2CCCC3)cc(F)c1F. The number of hydrogen-bond donors (Lipinski definition) is 2. The highest BCUT2D eigenvalue weighted by molar-refractivity contribution is 6.42. The van der Waals surface area contributed by atoms with Crippen LogP contribution in [0.3, 0.4) is 0 Å². The highest BCUT2D eigenvalue weighted by Gasteiger charge is 2.30. The van der Waals surface area contributed by atoms with Crippen molar-refractivity contribution in [3.63, 3.8) is 0 Å². The molecule has 0 unspecified atom stereocenters. The number of rotatable bonds is 4. The molecule has 0 atom stereocenters. The van der Waals surface area contributed by atoms with Crippen molar-refractivity contribution in [1.29, 1.82) is 0 Å². The van der Waals surface area contributed by atoms with Crippen LogP contribution in [0.25, 0.3) is 0 Å². The molecule has 0 saturated heterocycles. The predicted molar refractivity (Wildman–Crippen MR) is 109 cm³/mol. The van der Waals surface area contributed by atoms with E-state index in [-0.39, 0.29) is 22.5 Å². The van der Waals surface area contributed by atoms with E-state index in [0.29, 0.717) is 18.7 Å². The van der Waals surface area contributed by atoms with Crippen molar-refractivity contribution in [2.45, 2.75) is 59.0 Å². The molecule has 1 aromatic heterocycles. The van der Waals surface area contributed by atoms with Gasteiger partial charge in [-0.3, -0.25) is 14.4 Å². The first-order valence-corrected chi connectivity index (χ1v) is 9.84. The zero-order chi connectivity index (χ0) is 22.2. The number of nitrogens with one attached hydrogen (secondary N) is 2. The number of Topliss-reactive ketones (excluding diaryl/α,β-unsaturated/α-hetero) is 1. The zero-order valence-electron chi connectivity index (χ0n) is 17.5. The number of amides is 2. The second-order valence-corrected chi connectivity index (χ2v) is 8.58. The van der Waals surface area contributed by atoms with Crippen LogP contribution in [0.5, 0.6) is 0 Å². The van der Waals surface area contributed by atoms with Crippen molar-refractivity contribution in [2.75, 3.05) is 5.32 Å². The molecule has 0 saturated carbocycles. The van der Waals surface area contributed by atoms with Gasteiger partial charge in [0.05, 0.1) is 11.3 Å². The van der Waals surface area contributed by atoms with E-state index in [1.54, 1.807) is 25.3 Å². The second kappa shape index (κ2) is 8.01. The third kappa shape index (κ3) is 4.42. The molecule has 6 nitrogen and oxygen atoms in total. The average Bonchev–Trinajstić information content (AvgIpc) is 3.04. The molecule has 2 aromatic rings. The number of ketones is 1. The van der Waals surface area contributed by atoms with Gasteiger partial charge < -0.3 is 15.2 Å². The first kappa shape index (κ1) is 21.7. The topological polar surface area (TPSA) is 80.2 Å². The molecule has 30 heavy (non-hydrogen) atoms. The third-order valence-corrected chi connectivity index (χ3v) is 4.89. The van der Waals surface area contributed by atoms with Crippen molar-refractivity contribution < 1.29 is 23.2 Å². The number of halogens is 2. The van der Waals surface area contributed by atoms with Crippen LogP contribution >= 0.6 is 0 Å². The standard InChI is InChI=1S/C22H25F2N3O3/c1-12-9-13(10-15(23)18(12)24)25-20(29)14-11-17(27-8-6-5-7-16(14)27)19(28)21(30)26-22(2,3)4/h9-11H,5-8H2,1-4H3,(H,25,29)(H,26,30). The lowest BCUT2D eigenvalue weighted by atomic mass is 10.1. The van der Waals surface area contributed by atoms with Gasteiger partial charge in [-0.15, -0.1) is 0 Å². The van der Waals surface area contributed by atoms with Gasteiger partial charge in [-0.1, -0.05) is 0 Å². The molecular formula is C22H25F2N3O3. The molecule has 1 aliphatic rings. The molecule has 0 bridgehead atoms. The van der Waals surface area contributed by atoms with E-state index in [9.17, 15) is 23.2 Å². The van der Waals surface area contributed by atoms with E-state index in [2.05, 4.69) is 10.6 Å². The number of benzene rings is 1. The van der Waals surface area contributed by atoms with Crippen LogP contribution in [-0.4, -0.2) is 27.7 Å². The molecule has 0 radical (unpaired) electrons. The van der Waals surface area contributed by atoms with Crippen molar-refractivity contribution in [3.8, 4) is 0 Å². The molecule has 8 heteroatoms. The number of aromatic nitrogens is 1. The molecule has 1 aliphatic heterocycles. The molecule has 0 aliphatic carbocycles. The number of hydrogen-bond acceptors (Lipinski definition) is 3. The maximum atomic E-state index is 13.7. The number of anilines is 1. The zero-order valence-corrected chi connectivity index (χ0v) is 17.5. The van der Waals surface area contributed by atoms with Crippen LogP contribution in [0, 0.1) is 18.6 Å². The van der Waals surface area contributed by atoms with Gasteiger partial charge in [-0.25, -0.2) is 8.78 Å². The van der Waals surface area contributed by atoms with Crippen LogP contribution < -0.4 is 10.6 Å². The lowest BCUT2D eigenvalue weighted by molar-refractivity contribution is -0.118. The minimum Gasteiger partial charge on any atom is -0.345 e. The lowest BCUT2D eigenvalue weighted by Gasteiger charge is -2.21. The van der Waals surface area contributed by atoms with Crippen LogP contribution in [0.4, 0.5) is 14.5 Å². The Bertz CT molecular complexity index is 1010. The maximum absolute atomic E-state index is 13.7. The largest absolute Gasteiger partial charge is 0.345 e. The summed E-state index contributed by atoms with van der Waals surface area (Å²) in [5.41, 5.74) is 0.672. The van der Waals surface area contributed by atoms with Crippen LogP contribution in [-0.2, 0) is 17.8 Å². The Labute approximate surface area is 173 Å². The lowest BCUT2D eigenvalue weighted by Crippen LogP contribution is -2.44. The molecule has 2 heterocycles. The summed E-state index contributed by atoms with van der Waals surface area (Å²) in [7, 11) is 0. The Balaban J connectivity index is 1.93. The summed E-state index contributed by atoms with van der Waals surface area (Å²) < 4.78 is 28.9. The maximum Gasteiger partial charge on any atom is 0.294 e. The van der Waals surface area contributed by atoms with Crippen molar-refractivity contribution in [2.24, 2.45) is 0 Å². The third-order valence-electron chi connectivity index (χ3n) is 4.89. The first-order valence-electron chi connectivity index (χ1n) is 9.84. The second-order valence-electron chi connectivity index (χ2n) is 8.58. The van der Waals surface area contributed by atoms with E-state index >= 15 is 0 Å². The molecule has 2 amide bonds. The number of aryl methyl sites for hydroxylation is 1. The van der Waals surface area contributed by atoms with Crippen LogP contribution in [0.2, 0.25) is 0 Å². The Kier molecular flexibility index (Phi) is 5.78. The van der Waals surface area contributed by atoms with Gasteiger partial charge in [-0.2, -0.15) is 0 Å². The quantitative estimate of drug-likeness (QED) is 0.587. The molecule has 2 N–H and O–H groups in total. The van der Waals surface area contributed by atoms with Gasteiger partial charge in [0.2, 0.25) is 0 Å². The molecule has 0 fully saturated rings. The summed E-state index contributed by atoms with van der Waals surface area (Å²) in [6, 6.07) is 3.65. The van der Waals surface area contributed by atoms with E-state index in [0.717, 1.165) is 18.9 Å². The summed E-state index contributed by atoms with van der Waals surface area (Å²) in [6.45, 7) is 7.24. The number of carbonyl (C=O) groups is 3. The van der Waals surface area contributed by atoms with E-state index in [4.69, 9.17) is 0 Å². The van der Waals surface area contributed by atoms with E-state index in [1.165, 1.54) is 19.1 Å². The summed E-state index contributed by atoms with van der Waals surface area (Å²) in [5, 5.41) is 5.21. The van der Waals surface area contributed by atoms with Crippen molar-refractivity contribution in [1.82, 2.24) is 9.88 Å². The first-order chi connectivity index (χ1) is 14.0. The van der Waals surface area contributed by atoms with E-state index in [1.807, 2.05) is 0 Å². The number of carbonyl (C=O) groups excluding carboxylic acids is 3. The normalized spacial score (nSPS) is 13.5. The van der Waals surface area contributed by atoms with Gasteiger partial charge >= 0.3 is 0 Å². The smallest absolute Gasteiger partial charge is 0.294 e. The minimum atomic E-state index is -1.06.